The first-order chi connectivity index (χ1) is 18.0. The summed E-state index contributed by atoms with van der Waals surface area (Å²) in [5.74, 6) is 0.860. The van der Waals surface area contributed by atoms with E-state index in [1.54, 1.807) is 86.0 Å². The van der Waals surface area contributed by atoms with Crippen LogP contribution in [0.2, 0.25) is 0 Å². The minimum absolute atomic E-state index is 0.312. The van der Waals surface area contributed by atoms with Crippen LogP contribution in [-0.4, -0.2) is 29.0 Å². The van der Waals surface area contributed by atoms with E-state index in [1.807, 2.05) is 18.2 Å². The lowest BCUT2D eigenvalue weighted by Gasteiger charge is -2.11. The molecule has 0 amide bonds. The fraction of sp³-hybridized carbons (Fsp3) is 0.0345. The molecule has 0 fully saturated rings. The highest BCUT2D eigenvalue weighted by Crippen LogP contribution is 2.23. The molecule has 8 heteroatoms. The van der Waals surface area contributed by atoms with E-state index >= 15 is 0 Å². The van der Waals surface area contributed by atoms with Crippen LogP contribution in [0.3, 0.4) is 0 Å². The average Bonchev–Trinajstić information content (AvgIpc) is 2.93. The second kappa shape index (κ2) is 10.6. The van der Waals surface area contributed by atoms with Gasteiger partial charge >= 0.3 is 5.97 Å². The Balaban J connectivity index is 1.56. The molecule has 1 heterocycles. The van der Waals surface area contributed by atoms with Crippen LogP contribution in [0, 0.1) is 0 Å². The molecule has 182 valence electrons. The molecule has 0 aliphatic heterocycles. The quantitative estimate of drug-likeness (QED) is 0.148. The highest BCUT2D eigenvalue weighted by Gasteiger charge is 2.14. The molecule has 4 aromatic carbocycles. The van der Waals surface area contributed by atoms with Crippen molar-refractivity contribution in [2.45, 2.75) is 0 Å². The van der Waals surface area contributed by atoms with Gasteiger partial charge < -0.3 is 9.47 Å². The van der Waals surface area contributed by atoms with Crippen molar-refractivity contribution in [3.05, 3.63) is 123 Å². The molecule has 0 radical (unpaired) electrons. The molecule has 0 N–H and O–H groups in total. The van der Waals surface area contributed by atoms with E-state index in [2.05, 4.69) is 21.0 Å². The van der Waals surface area contributed by atoms with Crippen LogP contribution < -0.4 is 15.0 Å². The molecular formula is C29H20BrN3O4. The van der Waals surface area contributed by atoms with Crippen molar-refractivity contribution < 1.29 is 14.3 Å². The Morgan fingerprint density at radius 2 is 1.62 bits per heavy atom. The third-order valence-corrected chi connectivity index (χ3v) is 6.14. The summed E-state index contributed by atoms with van der Waals surface area (Å²) in [6, 6.07) is 28.2. The molecule has 0 saturated heterocycles. The van der Waals surface area contributed by atoms with Crippen LogP contribution in [-0.2, 0) is 0 Å². The Hall–Kier alpha value is -4.56. The molecule has 0 unspecified atom stereocenters. The summed E-state index contributed by atoms with van der Waals surface area (Å²) < 4.78 is 13.0. The molecule has 0 bridgehead atoms. The monoisotopic (exact) mass is 553 g/mol. The first-order valence-corrected chi connectivity index (χ1v) is 12.1. The van der Waals surface area contributed by atoms with Crippen molar-refractivity contribution in [1.29, 1.82) is 0 Å². The predicted octanol–water partition coefficient (Wildman–Crippen LogP) is 5.94. The molecule has 0 atom stereocenters. The van der Waals surface area contributed by atoms with Crippen LogP contribution in [0.5, 0.6) is 11.5 Å². The van der Waals surface area contributed by atoms with Gasteiger partial charge in [0.15, 0.2) is 5.82 Å². The van der Waals surface area contributed by atoms with E-state index in [4.69, 9.17) is 14.5 Å². The molecular weight excluding hydrogens is 534 g/mol. The third kappa shape index (κ3) is 5.19. The average molecular weight is 554 g/mol. The zero-order valence-corrected chi connectivity index (χ0v) is 21.3. The second-order valence-electron chi connectivity index (χ2n) is 7.98. The van der Waals surface area contributed by atoms with Gasteiger partial charge in [0.25, 0.3) is 5.56 Å². The highest BCUT2D eigenvalue weighted by atomic mass is 79.9. The Morgan fingerprint density at radius 3 is 2.38 bits per heavy atom. The van der Waals surface area contributed by atoms with E-state index in [-0.39, 0.29) is 5.56 Å². The van der Waals surface area contributed by atoms with Gasteiger partial charge in [-0.2, -0.15) is 9.78 Å². The SMILES string of the molecule is COc1ccc(-c2nc3ccccc3c(=O)n2N=Cc2ccccc2OC(=O)c2ccc(Br)cc2)cc1. The fourth-order valence-electron chi connectivity index (χ4n) is 3.70. The lowest BCUT2D eigenvalue weighted by molar-refractivity contribution is 0.0734. The number of ether oxygens (including phenoxy) is 2. The van der Waals surface area contributed by atoms with Crippen molar-refractivity contribution in [1.82, 2.24) is 9.66 Å². The van der Waals surface area contributed by atoms with Crippen molar-refractivity contribution in [2.24, 2.45) is 5.10 Å². The number of carbonyl (C=O) groups excluding carboxylic acids is 1. The molecule has 0 aliphatic carbocycles. The molecule has 0 aliphatic rings. The van der Waals surface area contributed by atoms with Crippen LogP contribution in [0.4, 0.5) is 0 Å². The third-order valence-electron chi connectivity index (χ3n) is 5.62. The van der Waals surface area contributed by atoms with Gasteiger partial charge in [0, 0.05) is 15.6 Å². The van der Waals surface area contributed by atoms with Gasteiger partial charge in [-0.1, -0.05) is 40.2 Å². The largest absolute Gasteiger partial charge is 0.497 e. The van der Waals surface area contributed by atoms with Gasteiger partial charge in [-0.05, 0) is 72.8 Å². The minimum Gasteiger partial charge on any atom is -0.497 e. The lowest BCUT2D eigenvalue weighted by Crippen LogP contribution is -2.20. The number of carbonyl (C=O) groups is 1. The molecule has 0 spiro atoms. The summed E-state index contributed by atoms with van der Waals surface area (Å²) in [5.41, 5.74) is 1.86. The van der Waals surface area contributed by atoms with Crippen molar-refractivity contribution in [3.8, 4) is 22.9 Å². The summed E-state index contributed by atoms with van der Waals surface area (Å²) in [7, 11) is 1.59. The summed E-state index contributed by atoms with van der Waals surface area (Å²) in [5, 5.41) is 4.92. The minimum atomic E-state index is -0.503. The van der Waals surface area contributed by atoms with E-state index in [1.165, 1.54) is 10.9 Å². The topological polar surface area (TPSA) is 82.8 Å². The Kier molecular flexibility index (Phi) is 6.91. The number of fused-ring (bicyclic) bond motifs is 1. The normalized spacial score (nSPS) is 11.1. The summed E-state index contributed by atoms with van der Waals surface area (Å²) in [6.07, 6.45) is 1.48. The van der Waals surface area contributed by atoms with Gasteiger partial charge in [0.2, 0.25) is 0 Å². The first-order valence-electron chi connectivity index (χ1n) is 11.3. The zero-order chi connectivity index (χ0) is 25.8. The van der Waals surface area contributed by atoms with Crippen LogP contribution in [0.15, 0.2) is 111 Å². The maximum Gasteiger partial charge on any atom is 0.343 e. The van der Waals surface area contributed by atoms with E-state index in [9.17, 15) is 9.59 Å². The van der Waals surface area contributed by atoms with E-state index in [0.717, 1.165) is 4.47 Å². The molecule has 5 aromatic rings. The van der Waals surface area contributed by atoms with E-state index in [0.29, 0.717) is 44.9 Å². The molecule has 37 heavy (non-hydrogen) atoms. The van der Waals surface area contributed by atoms with E-state index < -0.39 is 5.97 Å². The number of para-hydroxylation sites is 2. The summed E-state index contributed by atoms with van der Waals surface area (Å²) in [4.78, 5) is 30.8. The van der Waals surface area contributed by atoms with Crippen molar-refractivity contribution in [2.75, 3.05) is 7.11 Å². The number of halogens is 1. The maximum atomic E-state index is 13.4. The Bertz CT molecular complexity index is 1680. The number of hydrogen-bond acceptors (Lipinski definition) is 6. The first kappa shape index (κ1) is 24.1. The van der Waals surface area contributed by atoms with Crippen LogP contribution in [0.1, 0.15) is 15.9 Å². The second-order valence-corrected chi connectivity index (χ2v) is 8.89. The predicted molar refractivity (Wildman–Crippen MR) is 147 cm³/mol. The van der Waals surface area contributed by atoms with Gasteiger partial charge in [-0.15, -0.1) is 0 Å². The number of aromatic nitrogens is 2. The molecule has 7 nitrogen and oxygen atoms in total. The van der Waals surface area contributed by atoms with Gasteiger partial charge in [-0.3, -0.25) is 4.79 Å². The standard InChI is InChI=1S/C29H20BrN3O4/c1-36-23-16-12-19(13-17-23)27-32-25-8-4-3-7-24(25)28(34)33(27)31-18-21-6-2-5-9-26(21)37-29(35)20-10-14-22(30)15-11-20/h2-18H,1H3. The summed E-state index contributed by atoms with van der Waals surface area (Å²) in [6.45, 7) is 0. The fourth-order valence-corrected chi connectivity index (χ4v) is 3.97. The molecule has 0 saturated carbocycles. The zero-order valence-electron chi connectivity index (χ0n) is 19.7. The van der Waals surface area contributed by atoms with Gasteiger partial charge in [0.1, 0.15) is 11.5 Å². The number of esters is 1. The number of nitrogens with zero attached hydrogens (tertiary/aromatic N) is 3. The van der Waals surface area contributed by atoms with Crippen molar-refractivity contribution >= 4 is 39.0 Å². The Morgan fingerprint density at radius 1 is 0.919 bits per heavy atom. The highest BCUT2D eigenvalue weighted by molar-refractivity contribution is 9.10. The van der Waals surface area contributed by atoms with Crippen LogP contribution >= 0.6 is 15.9 Å². The van der Waals surface area contributed by atoms with Gasteiger partial charge in [-0.25, -0.2) is 9.78 Å². The van der Waals surface area contributed by atoms with Crippen LogP contribution in [0.25, 0.3) is 22.3 Å². The van der Waals surface area contributed by atoms with Gasteiger partial charge in [0.05, 0.1) is 29.8 Å². The lowest BCUT2D eigenvalue weighted by atomic mass is 10.2. The molecule has 1 aromatic heterocycles. The van der Waals surface area contributed by atoms with Crippen molar-refractivity contribution in [3.63, 3.8) is 0 Å². The molecule has 5 rings (SSSR count). The number of benzene rings is 4. The number of rotatable bonds is 6. The Labute approximate surface area is 220 Å². The number of hydrogen-bond donors (Lipinski definition) is 0. The maximum absolute atomic E-state index is 13.4. The number of methoxy groups -OCH3 is 1. The summed E-state index contributed by atoms with van der Waals surface area (Å²) >= 11 is 3.36. The smallest absolute Gasteiger partial charge is 0.343 e.